The first-order valence-electron chi connectivity index (χ1n) is 34.7. The van der Waals surface area contributed by atoms with Crippen LogP contribution in [0.15, 0.2) is 36.5 Å². The van der Waals surface area contributed by atoms with Gasteiger partial charge in [0.25, 0.3) is 0 Å². The monoisotopic (exact) mass is 1080 g/mol. The van der Waals surface area contributed by atoms with Gasteiger partial charge in [0.2, 0.25) is 5.91 Å². The van der Waals surface area contributed by atoms with Crippen molar-refractivity contribution in [1.82, 2.24) is 5.32 Å². The van der Waals surface area contributed by atoms with Crippen LogP contribution in [0.25, 0.3) is 0 Å². The quantitative estimate of drug-likeness (QED) is 0.0320. The Labute approximate surface area is 481 Å². The van der Waals surface area contributed by atoms with Gasteiger partial charge < -0.3 is 20.3 Å². The van der Waals surface area contributed by atoms with E-state index in [1.807, 2.05) is 0 Å². The molecule has 0 bridgehead atoms. The number of rotatable bonds is 65. The van der Waals surface area contributed by atoms with Crippen LogP contribution in [0.1, 0.15) is 380 Å². The number of allylic oxidation sites excluding steroid dienone is 6. The first-order chi connectivity index (χ1) is 38.0. The number of nitrogens with one attached hydrogen (secondary N) is 1. The molecule has 6 heteroatoms. The van der Waals surface area contributed by atoms with Gasteiger partial charge in [-0.2, -0.15) is 0 Å². The SMILES string of the molecule is CCCC/C=C\C/C=C\CCCCCCCC(=O)OCCCCCCCCCCCCCC/C=C\CCCCCCCCCCCCCCCCCCC(=O)NC(CO)C(O)CCCCCCCCCCCCCCCC. The number of hydrogen-bond donors (Lipinski definition) is 3. The lowest BCUT2D eigenvalue weighted by Crippen LogP contribution is -2.45. The summed E-state index contributed by atoms with van der Waals surface area (Å²) >= 11 is 0. The van der Waals surface area contributed by atoms with Gasteiger partial charge in [0.15, 0.2) is 0 Å². The number of ether oxygens (including phenoxy) is 1. The van der Waals surface area contributed by atoms with Gasteiger partial charge in [-0.05, 0) is 77.0 Å². The van der Waals surface area contributed by atoms with Gasteiger partial charge in [0, 0.05) is 12.8 Å². The second-order valence-electron chi connectivity index (χ2n) is 23.9. The number of hydrogen-bond acceptors (Lipinski definition) is 5. The van der Waals surface area contributed by atoms with Crippen molar-refractivity contribution in [2.75, 3.05) is 13.2 Å². The Hall–Kier alpha value is -1.92. The lowest BCUT2D eigenvalue weighted by molar-refractivity contribution is -0.143. The second kappa shape index (κ2) is 66.6. The molecule has 77 heavy (non-hydrogen) atoms. The van der Waals surface area contributed by atoms with Crippen LogP contribution in [0.2, 0.25) is 0 Å². The molecule has 6 nitrogen and oxygen atoms in total. The standard InChI is InChI=1S/C71H135NO5/c1-3-5-7-9-11-13-15-17-39-43-47-51-55-59-63-69(74)68(67-73)72-70(75)64-60-56-52-48-44-40-37-35-33-31-29-27-25-23-21-19-20-22-24-26-28-30-32-34-36-38-42-46-50-54-58-62-66-77-71(76)65-61-57-53-49-45-41-18-16-14-12-10-8-6-4-2/h10,12,16,18,22,24,68-69,73-74H,3-9,11,13-15,17,19-21,23,25-67H2,1-2H3,(H,72,75)/b12-10-,18-16-,24-22-. The molecule has 0 aliphatic carbocycles. The van der Waals surface area contributed by atoms with E-state index in [0.717, 1.165) is 51.4 Å². The van der Waals surface area contributed by atoms with E-state index >= 15 is 0 Å². The van der Waals surface area contributed by atoms with Crippen LogP contribution in [0.3, 0.4) is 0 Å². The highest BCUT2D eigenvalue weighted by atomic mass is 16.5. The van der Waals surface area contributed by atoms with Gasteiger partial charge in [-0.15, -0.1) is 0 Å². The van der Waals surface area contributed by atoms with Crippen LogP contribution in [-0.2, 0) is 14.3 Å². The highest BCUT2D eigenvalue weighted by Crippen LogP contribution is 2.18. The molecule has 0 saturated heterocycles. The maximum atomic E-state index is 12.5. The Balaban J connectivity index is 3.35. The molecular weight excluding hydrogens is 947 g/mol. The number of amides is 1. The summed E-state index contributed by atoms with van der Waals surface area (Å²) in [6.07, 6.45) is 84.8. The van der Waals surface area contributed by atoms with Crippen molar-refractivity contribution in [3.05, 3.63) is 36.5 Å². The predicted octanol–water partition coefficient (Wildman–Crippen LogP) is 22.3. The van der Waals surface area contributed by atoms with E-state index in [4.69, 9.17) is 4.74 Å². The van der Waals surface area contributed by atoms with Gasteiger partial charge in [0.05, 0.1) is 25.4 Å². The molecule has 454 valence electrons. The van der Waals surface area contributed by atoms with E-state index in [0.29, 0.717) is 25.9 Å². The molecule has 0 saturated carbocycles. The molecule has 0 radical (unpaired) electrons. The minimum atomic E-state index is -0.662. The Morgan fingerprint density at radius 1 is 0.364 bits per heavy atom. The van der Waals surface area contributed by atoms with E-state index < -0.39 is 12.1 Å². The fourth-order valence-electron chi connectivity index (χ4n) is 10.8. The molecule has 1 amide bonds. The second-order valence-corrected chi connectivity index (χ2v) is 23.9. The van der Waals surface area contributed by atoms with Crippen molar-refractivity contribution in [2.24, 2.45) is 0 Å². The minimum Gasteiger partial charge on any atom is -0.466 e. The van der Waals surface area contributed by atoms with Crippen molar-refractivity contribution in [2.45, 2.75) is 392 Å². The van der Waals surface area contributed by atoms with E-state index in [-0.39, 0.29) is 18.5 Å². The van der Waals surface area contributed by atoms with E-state index in [1.165, 1.54) is 295 Å². The molecule has 0 aliphatic rings. The highest BCUT2D eigenvalue weighted by Gasteiger charge is 2.20. The summed E-state index contributed by atoms with van der Waals surface area (Å²) in [4.78, 5) is 24.5. The highest BCUT2D eigenvalue weighted by molar-refractivity contribution is 5.76. The smallest absolute Gasteiger partial charge is 0.305 e. The molecule has 0 aliphatic heterocycles. The minimum absolute atomic E-state index is 0.00373. The molecule has 0 heterocycles. The fraction of sp³-hybridized carbons (Fsp3) is 0.887. The van der Waals surface area contributed by atoms with Gasteiger partial charge in [0.1, 0.15) is 0 Å². The summed E-state index contributed by atoms with van der Waals surface area (Å²) in [6.45, 7) is 4.93. The molecule has 0 spiro atoms. The largest absolute Gasteiger partial charge is 0.466 e. The maximum absolute atomic E-state index is 12.5. The van der Waals surface area contributed by atoms with Crippen molar-refractivity contribution in [1.29, 1.82) is 0 Å². The van der Waals surface area contributed by atoms with Gasteiger partial charge in [-0.1, -0.05) is 326 Å². The summed E-state index contributed by atoms with van der Waals surface area (Å²) in [6, 6.07) is -0.539. The topological polar surface area (TPSA) is 95.9 Å². The Kier molecular flexibility index (Phi) is 64.9. The van der Waals surface area contributed by atoms with Crippen molar-refractivity contribution < 1.29 is 24.5 Å². The molecule has 3 N–H and O–H groups in total. The lowest BCUT2D eigenvalue weighted by atomic mass is 10.0. The van der Waals surface area contributed by atoms with Crippen molar-refractivity contribution in [3.63, 3.8) is 0 Å². The number of unbranched alkanes of at least 4 members (excludes halogenated alkanes) is 48. The van der Waals surface area contributed by atoms with Crippen LogP contribution in [0.5, 0.6) is 0 Å². The number of esters is 1. The molecule has 2 atom stereocenters. The molecule has 0 rings (SSSR count). The summed E-state index contributed by atoms with van der Waals surface area (Å²) in [5, 5.41) is 23.3. The van der Waals surface area contributed by atoms with Gasteiger partial charge in [-0.3, -0.25) is 9.59 Å². The Morgan fingerprint density at radius 3 is 1.04 bits per heavy atom. The molecule has 0 aromatic carbocycles. The van der Waals surface area contributed by atoms with Crippen molar-refractivity contribution >= 4 is 11.9 Å². The van der Waals surface area contributed by atoms with E-state index in [2.05, 4.69) is 55.6 Å². The van der Waals surface area contributed by atoms with Crippen LogP contribution in [0.4, 0.5) is 0 Å². The Bertz CT molecular complexity index is 1250. The summed E-state index contributed by atoms with van der Waals surface area (Å²) in [5.74, 6) is -0.0266. The number of carbonyl (C=O) groups is 2. The molecule has 2 unspecified atom stereocenters. The van der Waals surface area contributed by atoms with Gasteiger partial charge in [-0.25, -0.2) is 0 Å². The zero-order chi connectivity index (χ0) is 55.7. The maximum Gasteiger partial charge on any atom is 0.305 e. The number of aliphatic hydroxyl groups excluding tert-OH is 2. The molecule has 0 aromatic rings. The first kappa shape index (κ1) is 75.1. The average molecular weight is 1080 g/mol. The van der Waals surface area contributed by atoms with E-state index in [1.54, 1.807) is 0 Å². The molecule has 0 fully saturated rings. The van der Waals surface area contributed by atoms with Crippen molar-refractivity contribution in [3.8, 4) is 0 Å². The number of carbonyl (C=O) groups excluding carboxylic acids is 2. The lowest BCUT2D eigenvalue weighted by Gasteiger charge is -2.22. The summed E-state index contributed by atoms with van der Waals surface area (Å²) < 4.78 is 5.48. The third-order valence-electron chi connectivity index (χ3n) is 16.2. The summed E-state index contributed by atoms with van der Waals surface area (Å²) in [5.41, 5.74) is 0. The normalized spacial score (nSPS) is 12.7. The van der Waals surface area contributed by atoms with Crippen LogP contribution in [-0.4, -0.2) is 47.4 Å². The van der Waals surface area contributed by atoms with Crippen LogP contribution >= 0.6 is 0 Å². The zero-order valence-corrected chi connectivity index (χ0v) is 52.0. The van der Waals surface area contributed by atoms with Crippen LogP contribution < -0.4 is 5.32 Å². The Morgan fingerprint density at radius 2 is 0.662 bits per heavy atom. The molecular formula is C71H135NO5. The molecule has 0 aromatic heterocycles. The fourth-order valence-corrected chi connectivity index (χ4v) is 10.8. The first-order valence-corrected chi connectivity index (χ1v) is 34.7. The van der Waals surface area contributed by atoms with Gasteiger partial charge >= 0.3 is 5.97 Å². The summed E-state index contributed by atoms with van der Waals surface area (Å²) in [7, 11) is 0. The zero-order valence-electron chi connectivity index (χ0n) is 52.0. The van der Waals surface area contributed by atoms with Crippen LogP contribution in [0, 0.1) is 0 Å². The average Bonchev–Trinajstić information content (AvgIpc) is 3.43. The predicted molar refractivity (Wildman–Crippen MR) is 338 cm³/mol. The number of aliphatic hydroxyl groups is 2. The third-order valence-corrected chi connectivity index (χ3v) is 16.2. The third kappa shape index (κ3) is 63.1. The van der Waals surface area contributed by atoms with E-state index in [9.17, 15) is 19.8 Å².